The van der Waals surface area contributed by atoms with Gasteiger partial charge in [-0.15, -0.1) is 0 Å². The normalized spacial score (nSPS) is 49.4. The number of carbonyl (C=O) groups excluding carboxylic acids is 1. The third kappa shape index (κ3) is 8.68. The van der Waals surface area contributed by atoms with E-state index in [1.165, 1.54) is 14.0 Å². The van der Waals surface area contributed by atoms with Crippen molar-refractivity contribution in [2.45, 2.75) is 136 Å². The second kappa shape index (κ2) is 17.5. The van der Waals surface area contributed by atoms with Crippen molar-refractivity contribution in [3.63, 3.8) is 0 Å². The SMILES string of the molecule is COCC1O[C@@H](O[C@@H]2C(CO)OC(C)C(O)[C@H]2O)C(O)[C@@H](O[C@@H]2OC(CO)[C@@H](O[C@@H]3OC(CO)[C@H](O)[C@H](O)C3O)[C@H](O)C2NC(C)=O)[C@H]1O. The molecule has 0 aromatic rings. The zero-order valence-electron chi connectivity index (χ0n) is 27.0. The van der Waals surface area contributed by atoms with Gasteiger partial charge < -0.3 is 99.4 Å². The number of hydrogen-bond acceptors (Lipinski definition) is 20. The maximum absolute atomic E-state index is 12.2. The van der Waals surface area contributed by atoms with Gasteiger partial charge in [0.1, 0.15) is 97.6 Å². The van der Waals surface area contributed by atoms with Crippen LogP contribution >= 0.6 is 0 Å². The van der Waals surface area contributed by atoms with E-state index in [2.05, 4.69) is 5.32 Å². The molecule has 9 unspecified atom stereocenters. The number of rotatable bonds is 12. The Morgan fingerprint density at radius 3 is 1.65 bits per heavy atom. The molecule has 20 atom stereocenters. The molecule has 4 saturated heterocycles. The predicted octanol–water partition coefficient (Wildman–Crippen LogP) is -7.88. The van der Waals surface area contributed by atoms with Crippen LogP contribution in [0.1, 0.15) is 13.8 Å². The topological polar surface area (TPSA) is 325 Å². The number of methoxy groups -OCH3 is 1. The van der Waals surface area contributed by atoms with Crippen molar-refractivity contribution in [2.75, 3.05) is 33.5 Å². The van der Waals surface area contributed by atoms with Gasteiger partial charge in [0, 0.05) is 14.0 Å². The van der Waals surface area contributed by atoms with Crippen molar-refractivity contribution in [3.05, 3.63) is 0 Å². The maximum Gasteiger partial charge on any atom is 0.217 e. The van der Waals surface area contributed by atoms with Gasteiger partial charge in [0.25, 0.3) is 0 Å². The lowest BCUT2D eigenvalue weighted by atomic mass is 9.94. The summed E-state index contributed by atoms with van der Waals surface area (Å²) in [6.45, 7) is -0.0104. The minimum Gasteiger partial charge on any atom is -0.394 e. The average Bonchev–Trinajstić information content (AvgIpc) is 3.07. The first-order valence-corrected chi connectivity index (χ1v) is 15.8. The molecule has 21 heteroatoms. The summed E-state index contributed by atoms with van der Waals surface area (Å²) in [5.41, 5.74) is 0. The molecule has 0 spiro atoms. The molecule has 21 nitrogen and oxygen atoms in total. The van der Waals surface area contributed by atoms with Crippen molar-refractivity contribution >= 4 is 5.91 Å². The van der Waals surface area contributed by atoms with Gasteiger partial charge in [0.15, 0.2) is 18.9 Å². The lowest BCUT2D eigenvalue weighted by molar-refractivity contribution is -0.376. The molecule has 1 amide bonds. The van der Waals surface area contributed by atoms with E-state index in [-0.39, 0.29) is 6.61 Å². The number of aliphatic hydroxyl groups is 11. The van der Waals surface area contributed by atoms with Crippen LogP contribution in [0.25, 0.3) is 0 Å². The summed E-state index contributed by atoms with van der Waals surface area (Å²) in [6, 6.07) is -1.55. The molecule has 0 radical (unpaired) electrons. The Kier molecular flexibility index (Phi) is 14.4. The first kappa shape index (κ1) is 40.5. The van der Waals surface area contributed by atoms with Crippen LogP contribution in [0.4, 0.5) is 0 Å². The van der Waals surface area contributed by atoms with Crippen LogP contribution in [0.3, 0.4) is 0 Å². The number of amides is 1. The molecule has 286 valence electrons. The number of carbonyl (C=O) groups is 1. The number of nitrogens with one attached hydrogen (secondary N) is 1. The van der Waals surface area contributed by atoms with Gasteiger partial charge in [-0.05, 0) is 6.92 Å². The largest absolute Gasteiger partial charge is 0.394 e. The van der Waals surface area contributed by atoms with Gasteiger partial charge in [-0.2, -0.15) is 0 Å². The molecule has 4 fully saturated rings. The second-order valence-electron chi connectivity index (χ2n) is 12.5. The molecule has 4 aliphatic rings. The highest BCUT2D eigenvalue weighted by atomic mass is 16.8. The summed E-state index contributed by atoms with van der Waals surface area (Å²) in [5.74, 6) is -0.712. The number of aliphatic hydroxyl groups excluding tert-OH is 11. The Morgan fingerprint density at radius 2 is 1.08 bits per heavy atom. The summed E-state index contributed by atoms with van der Waals surface area (Å²) >= 11 is 0. The molecule has 0 saturated carbocycles. The van der Waals surface area contributed by atoms with Crippen LogP contribution < -0.4 is 5.32 Å². The van der Waals surface area contributed by atoms with Gasteiger partial charge in [-0.3, -0.25) is 4.79 Å². The molecule has 0 aromatic heterocycles. The second-order valence-corrected chi connectivity index (χ2v) is 12.5. The summed E-state index contributed by atoms with van der Waals surface area (Å²) in [6.07, 6.45) is -30.0. The van der Waals surface area contributed by atoms with E-state index in [1.54, 1.807) is 0 Å². The average molecular weight is 720 g/mol. The van der Waals surface area contributed by atoms with Crippen molar-refractivity contribution in [2.24, 2.45) is 0 Å². The molecule has 4 aliphatic heterocycles. The minimum absolute atomic E-state index is 0.280. The van der Waals surface area contributed by atoms with Crippen molar-refractivity contribution in [1.82, 2.24) is 5.32 Å². The van der Waals surface area contributed by atoms with Gasteiger partial charge in [-0.1, -0.05) is 0 Å². The fraction of sp³-hybridized carbons (Fsp3) is 0.964. The summed E-state index contributed by atoms with van der Waals surface area (Å²) < 4.78 is 44.9. The third-order valence-corrected chi connectivity index (χ3v) is 9.02. The van der Waals surface area contributed by atoms with E-state index < -0.39 is 148 Å². The van der Waals surface area contributed by atoms with E-state index in [0.717, 1.165) is 6.92 Å². The quantitative estimate of drug-likeness (QED) is 0.0891. The van der Waals surface area contributed by atoms with E-state index in [9.17, 15) is 61.0 Å². The standard InChI is InChI=1S/C28H49NO20/c1-8-15(34)20(39)24(11(5-31)43-8)48-28-22(41)25(17(36)13(46-28)7-42-3)49-26-14(29-9(2)33)18(37)23(12(6-32)45-26)47-27-21(40)19(38)16(35)10(4-30)44-27/h8,10-28,30-32,34-41H,4-7H2,1-3H3,(H,29,33)/t8?,10?,11?,12?,13?,14?,15?,16-,17-,18+,19-,20+,21?,22?,23+,24+,25-,26-,27-,28-/m0/s1. The maximum atomic E-state index is 12.2. The predicted molar refractivity (Wildman–Crippen MR) is 154 cm³/mol. The van der Waals surface area contributed by atoms with E-state index >= 15 is 0 Å². The fourth-order valence-electron chi connectivity index (χ4n) is 6.30. The first-order valence-electron chi connectivity index (χ1n) is 15.8. The van der Waals surface area contributed by atoms with Gasteiger partial charge in [0.2, 0.25) is 5.91 Å². The van der Waals surface area contributed by atoms with Crippen molar-refractivity contribution in [3.8, 4) is 0 Å². The Labute approximate surface area is 280 Å². The lowest BCUT2D eigenvalue weighted by Gasteiger charge is -2.50. The van der Waals surface area contributed by atoms with Gasteiger partial charge in [-0.25, -0.2) is 0 Å². The molecule has 0 bridgehead atoms. The summed E-state index contributed by atoms with van der Waals surface area (Å²) in [4.78, 5) is 12.2. The molecule has 4 rings (SSSR count). The van der Waals surface area contributed by atoms with Crippen molar-refractivity contribution < 1.29 is 98.9 Å². The molecule has 49 heavy (non-hydrogen) atoms. The van der Waals surface area contributed by atoms with Crippen LogP contribution in [-0.2, 0) is 42.7 Å². The minimum atomic E-state index is -1.90. The first-order chi connectivity index (χ1) is 23.2. The lowest BCUT2D eigenvalue weighted by Crippen LogP contribution is -2.69. The smallest absolute Gasteiger partial charge is 0.217 e. The number of hydrogen-bond donors (Lipinski definition) is 12. The van der Waals surface area contributed by atoms with Gasteiger partial charge >= 0.3 is 0 Å². The van der Waals surface area contributed by atoms with Gasteiger partial charge in [0.05, 0.1) is 32.5 Å². The fourth-order valence-corrected chi connectivity index (χ4v) is 6.30. The zero-order valence-corrected chi connectivity index (χ0v) is 27.0. The third-order valence-electron chi connectivity index (χ3n) is 9.02. The Bertz CT molecular complexity index is 1040. The molecule has 0 aliphatic carbocycles. The molecular formula is C28H49NO20. The highest BCUT2D eigenvalue weighted by molar-refractivity contribution is 5.73. The zero-order chi connectivity index (χ0) is 36.3. The number of ether oxygens (including phenoxy) is 8. The van der Waals surface area contributed by atoms with Crippen LogP contribution in [-0.4, -0.2) is 218 Å². The van der Waals surface area contributed by atoms with E-state index in [4.69, 9.17) is 37.9 Å². The highest BCUT2D eigenvalue weighted by Crippen LogP contribution is 2.34. The van der Waals surface area contributed by atoms with Crippen LogP contribution in [0.5, 0.6) is 0 Å². The van der Waals surface area contributed by atoms with Crippen LogP contribution in [0.15, 0.2) is 0 Å². The molecule has 12 N–H and O–H groups in total. The molecule has 0 aromatic carbocycles. The van der Waals surface area contributed by atoms with Crippen LogP contribution in [0.2, 0.25) is 0 Å². The summed E-state index contributed by atoms with van der Waals surface area (Å²) in [5, 5.41) is 118. The Hall–Kier alpha value is -1.29. The molecule has 4 heterocycles. The monoisotopic (exact) mass is 719 g/mol. The summed E-state index contributed by atoms with van der Waals surface area (Å²) in [7, 11) is 1.29. The molecular weight excluding hydrogens is 670 g/mol. The van der Waals surface area contributed by atoms with E-state index in [0.29, 0.717) is 0 Å². The van der Waals surface area contributed by atoms with Crippen molar-refractivity contribution in [1.29, 1.82) is 0 Å². The van der Waals surface area contributed by atoms with E-state index in [1.807, 2.05) is 0 Å². The van der Waals surface area contributed by atoms with Crippen LogP contribution in [0, 0.1) is 0 Å². The Morgan fingerprint density at radius 1 is 0.571 bits per heavy atom. The highest BCUT2D eigenvalue weighted by Gasteiger charge is 2.55. The Balaban J connectivity index is 1.57.